The van der Waals surface area contributed by atoms with Crippen molar-refractivity contribution in [3.63, 3.8) is 0 Å². The second-order valence-corrected chi connectivity index (χ2v) is 6.88. The van der Waals surface area contributed by atoms with Gasteiger partial charge in [0.1, 0.15) is 0 Å². The molecule has 0 saturated heterocycles. The zero-order chi connectivity index (χ0) is 16.8. The van der Waals surface area contributed by atoms with Crippen LogP contribution in [0.5, 0.6) is 0 Å². The van der Waals surface area contributed by atoms with E-state index in [1.54, 1.807) is 12.1 Å². The molecule has 0 amide bonds. The second kappa shape index (κ2) is 5.64. The lowest BCUT2D eigenvalue weighted by molar-refractivity contribution is -0.384. The van der Waals surface area contributed by atoms with E-state index in [2.05, 4.69) is 24.4 Å². The van der Waals surface area contributed by atoms with Crippen molar-refractivity contribution in [1.82, 2.24) is 0 Å². The number of rotatable bonds is 2. The number of nitrogens with zero attached hydrogens (tertiary/aromatic N) is 1. The zero-order valence-electron chi connectivity index (χ0n) is 13.2. The van der Waals surface area contributed by atoms with E-state index in [4.69, 9.17) is 11.6 Å². The van der Waals surface area contributed by atoms with Crippen LogP contribution in [-0.4, -0.2) is 4.92 Å². The molecule has 4 rings (SSSR count). The Morgan fingerprint density at radius 2 is 1.96 bits per heavy atom. The van der Waals surface area contributed by atoms with Crippen LogP contribution in [0.15, 0.2) is 48.6 Å². The maximum atomic E-state index is 10.9. The highest BCUT2D eigenvalue weighted by atomic mass is 35.5. The van der Waals surface area contributed by atoms with Gasteiger partial charge < -0.3 is 5.32 Å². The van der Waals surface area contributed by atoms with Crippen LogP contribution in [0.3, 0.4) is 0 Å². The molecule has 0 spiro atoms. The van der Waals surface area contributed by atoms with Gasteiger partial charge in [0.05, 0.1) is 11.0 Å². The van der Waals surface area contributed by atoms with E-state index in [1.807, 2.05) is 24.3 Å². The van der Waals surface area contributed by atoms with Crippen molar-refractivity contribution < 1.29 is 4.92 Å². The average molecular weight is 341 g/mol. The highest BCUT2D eigenvalue weighted by molar-refractivity contribution is 6.32. The molecule has 5 heteroatoms. The second-order valence-electron chi connectivity index (χ2n) is 6.48. The summed E-state index contributed by atoms with van der Waals surface area (Å²) in [7, 11) is 0. The topological polar surface area (TPSA) is 55.2 Å². The molecule has 2 aromatic carbocycles. The normalized spacial score (nSPS) is 24.2. The van der Waals surface area contributed by atoms with Gasteiger partial charge in [-0.1, -0.05) is 42.0 Å². The molecular weight excluding hydrogens is 324 g/mol. The van der Waals surface area contributed by atoms with E-state index in [-0.39, 0.29) is 22.6 Å². The number of nitro groups is 1. The Labute approximate surface area is 145 Å². The van der Waals surface area contributed by atoms with Gasteiger partial charge in [-0.3, -0.25) is 10.1 Å². The molecule has 0 fully saturated rings. The third-order valence-electron chi connectivity index (χ3n) is 5.14. The van der Waals surface area contributed by atoms with Crippen molar-refractivity contribution in [3.8, 4) is 0 Å². The van der Waals surface area contributed by atoms with Crippen LogP contribution < -0.4 is 5.32 Å². The van der Waals surface area contributed by atoms with Crippen LogP contribution in [-0.2, 0) is 0 Å². The minimum atomic E-state index is -0.364. The Balaban J connectivity index is 1.78. The molecule has 1 heterocycles. The van der Waals surface area contributed by atoms with Crippen LogP contribution in [0.4, 0.5) is 11.4 Å². The molecule has 0 unspecified atom stereocenters. The first-order valence-corrected chi connectivity index (χ1v) is 8.40. The number of benzene rings is 2. The maximum Gasteiger partial charge on any atom is 0.269 e. The molecule has 2 aliphatic rings. The number of nitrogens with one attached hydrogen (secondary N) is 1. The summed E-state index contributed by atoms with van der Waals surface area (Å²) in [6, 6.07) is 11.0. The standard InChI is InChI=1S/C19H17ClN2O2/c1-11-5-10-16(20)17-14-3-2-4-15(14)19(21-18(11)17)12-6-8-13(9-7-12)22(23)24/h2-3,5-10,14-15,19,21H,4H2,1H3/t14-,15-,19+/m0/s1. The lowest BCUT2D eigenvalue weighted by Gasteiger charge is -2.38. The van der Waals surface area contributed by atoms with E-state index < -0.39 is 0 Å². The van der Waals surface area contributed by atoms with Crippen molar-refractivity contribution in [2.45, 2.75) is 25.3 Å². The summed E-state index contributed by atoms with van der Waals surface area (Å²) >= 11 is 6.48. The van der Waals surface area contributed by atoms with E-state index in [1.165, 1.54) is 11.1 Å². The molecule has 1 N–H and O–H groups in total. The number of non-ortho nitro benzene ring substituents is 1. The Morgan fingerprint density at radius 1 is 1.21 bits per heavy atom. The largest absolute Gasteiger partial charge is 0.377 e. The number of hydrogen-bond donors (Lipinski definition) is 1. The van der Waals surface area contributed by atoms with Crippen molar-refractivity contribution in [2.75, 3.05) is 5.32 Å². The number of aryl methyl sites for hydroxylation is 1. The first-order chi connectivity index (χ1) is 11.6. The van der Waals surface area contributed by atoms with Gasteiger partial charge in [0, 0.05) is 34.3 Å². The highest BCUT2D eigenvalue weighted by Crippen LogP contribution is 2.52. The molecule has 2 aromatic rings. The maximum absolute atomic E-state index is 10.9. The Kier molecular flexibility index (Phi) is 3.57. The third-order valence-corrected chi connectivity index (χ3v) is 5.47. The molecule has 1 aliphatic carbocycles. The fourth-order valence-electron chi connectivity index (χ4n) is 3.94. The summed E-state index contributed by atoms with van der Waals surface area (Å²) in [5, 5.41) is 15.3. The fraction of sp³-hybridized carbons (Fsp3) is 0.263. The fourth-order valence-corrected chi connectivity index (χ4v) is 4.23. The number of fused-ring (bicyclic) bond motifs is 3. The van der Waals surface area contributed by atoms with Crippen LogP contribution in [0, 0.1) is 23.0 Å². The molecule has 0 saturated carbocycles. The number of anilines is 1. The molecule has 0 bridgehead atoms. The molecule has 1 aliphatic heterocycles. The van der Waals surface area contributed by atoms with Crippen LogP contribution >= 0.6 is 11.6 Å². The highest BCUT2D eigenvalue weighted by Gasteiger charge is 2.39. The lowest BCUT2D eigenvalue weighted by atomic mass is 9.76. The monoisotopic (exact) mass is 340 g/mol. The van der Waals surface area contributed by atoms with Gasteiger partial charge >= 0.3 is 0 Å². The minimum absolute atomic E-state index is 0.121. The SMILES string of the molecule is Cc1ccc(Cl)c2c1N[C@H](c1ccc([N+](=O)[O-])cc1)[C@H]1CC=C[C@H]21. The number of nitro benzene ring substituents is 1. The van der Waals surface area contributed by atoms with Crippen LogP contribution in [0.25, 0.3) is 0 Å². The summed E-state index contributed by atoms with van der Waals surface area (Å²) < 4.78 is 0. The van der Waals surface area contributed by atoms with Crippen molar-refractivity contribution >= 4 is 23.0 Å². The van der Waals surface area contributed by atoms with Gasteiger partial charge in [-0.05, 0) is 36.5 Å². The number of hydrogen-bond acceptors (Lipinski definition) is 3. The molecule has 4 nitrogen and oxygen atoms in total. The van der Waals surface area contributed by atoms with Gasteiger partial charge in [0.25, 0.3) is 5.69 Å². The molecule has 0 radical (unpaired) electrons. The van der Waals surface area contributed by atoms with E-state index in [0.717, 1.165) is 22.7 Å². The predicted octanol–water partition coefficient (Wildman–Crippen LogP) is 5.38. The number of allylic oxidation sites excluding steroid dienone is 2. The van der Waals surface area contributed by atoms with Crippen LogP contribution in [0.2, 0.25) is 5.02 Å². The predicted molar refractivity (Wildman–Crippen MR) is 95.6 cm³/mol. The van der Waals surface area contributed by atoms with Crippen molar-refractivity contribution in [3.05, 3.63) is 80.4 Å². The van der Waals surface area contributed by atoms with Gasteiger partial charge in [-0.15, -0.1) is 0 Å². The Bertz CT molecular complexity index is 845. The summed E-state index contributed by atoms with van der Waals surface area (Å²) in [4.78, 5) is 10.5. The molecule has 24 heavy (non-hydrogen) atoms. The third kappa shape index (κ3) is 2.29. The molecule has 122 valence electrons. The van der Waals surface area contributed by atoms with Crippen molar-refractivity contribution in [2.24, 2.45) is 5.92 Å². The van der Waals surface area contributed by atoms with Crippen LogP contribution in [0.1, 0.15) is 35.1 Å². The molecule has 3 atom stereocenters. The quantitative estimate of drug-likeness (QED) is 0.453. The first kappa shape index (κ1) is 15.2. The van der Waals surface area contributed by atoms with Gasteiger partial charge in [-0.25, -0.2) is 0 Å². The first-order valence-electron chi connectivity index (χ1n) is 8.03. The summed E-state index contributed by atoms with van der Waals surface area (Å²) in [5.41, 5.74) is 4.63. The summed E-state index contributed by atoms with van der Waals surface area (Å²) in [6.45, 7) is 2.08. The lowest BCUT2D eigenvalue weighted by Crippen LogP contribution is -2.29. The molecule has 0 aromatic heterocycles. The zero-order valence-corrected chi connectivity index (χ0v) is 14.0. The Morgan fingerprint density at radius 3 is 2.67 bits per heavy atom. The van der Waals surface area contributed by atoms with E-state index in [0.29, 0.717) is 5.92 Å². The Hall–Kier alpha value is -2.33. The van der Waals surface area contributed by atoms with Gasteiger partial charge in [0.15, 0.2) is 0 Å². The van der Waals surface area contributed by atoms with Crippen molar-refractivity contribution in [1.29, 1.82) is 0 Å². The smallest absolute Gasteiger partial charge is 0.269 e. The van der Waals surface area contributed by atoms with E-state index >= 15 is 0 Å². The summed E-state index contributed by atoms with van der Waals surface area (Å²) in [6.07, 6.45) is 5.43. The van der Waals surface area contributed by atoms with Gasteiger partial charge in [0.2, 0.25) is 0 Å². The number of halogens is 1. The minimum Gasteiger partial charge on any atom is -0.377 e. The molecular formula is C19H17ClN2O2. The van der Waals surface area contributed by atoms with E-state index in [9.17, 15) is 10.1 Å². The average Bonchev–Trinajstić information content (AvgIpc) is 3.07. The summed E-state index contributed by atoms with van der Waals surface area (Å²) in [5.74, 6) is 0.659. The van der Waals surface area contributed by atoms with Gasteiger partial charge in [-0.2, -0.15) is 0 Å².